The topological polar surface area (TPSA) is 71.0 Å². The van der Waals surface area contributed by atoms with Gasteiger partial charge in [0.05, 0.1) is 15.9 Å². The Balaban J connectivity index is 1.59. The molecule has 4 rings (SSSR count). The molecule has 31 heavy (non-hydrogen) atoms. The summed E-state index contributed by atoms with van der Waals surface area (Å²) in [5, 5.41) is 4.19. The van der Waals surface area contributed by atoms with Crippen LogP contribution >= 0.6 is 11.3 Å². The standard InChI is InChI=1S/C23H26FN5OS/c1-14-5-4-12-29(19(14)13-26-20-10-11-25-15(2)27-20)23(30)21-22(31-16(3)28-21)17-6-8-18(24)9-7-17/h6-11,14,19H,4-5,12-13H2,1-3H3,(H,25,26,27)/t14?,19-/m1/s1. The minimum Gasteiger partial charge on any atom is -0.368 e. The largest absolute Gasteiger partial charge is 0.368 e. The summed E-state index contributed by atoms with van der Waals surface area (Å²) in [5.41, 5.74) is 1.26. The maximum Gasteiger partial charge on any atom is 0.274 e. The van der Waals surface area contributed by atoms with Gasteiger partial charge in [-0.1, -0.05) is 19.1 Å². The zero-order chi connectivity index (χ0) is 22.0. The van der Waals surface area contributed by atoms with Crippen LogP contribution < -0.4 is 5.32 Å². The first kappa shape index (κ1) is 21.4. The molecule has 1 unspecified atom stereocenters. The van der Waals surface area contributed by atoms with Crippen LogP contribution in [0.25, 0.3) is 10.4 Å². The highest BCUT2D eigenvalue weighted by Crippen LogP contribution is 2.33. The normalized spacial score (nSPS) is 18.8. The third-order valence-electron chi connectivity index (χ3n) is 5.69. The van der Waals surface area contributed by atoms with Crippen LogP contribution in [-0.4, -0.2) is 44.9 Å². The van der Waals surface area contributed by atoms with E-state index in [1.165, 1.54) is 23.5 Å². The van der Waals surface area contributed by atoms with Gasteiger partial charge >= 0.3 is 0 Å². The number of rotatable bonds is 5. The summed E-state index contributed by atoms with van der Waals surface area (Å²) < 4.78 is 13.4. The Kier molecular flexibility index (Phi) is 6.27. The van der Waals surface area contributed by atoms with E-state index >= 15 is 0 Å². The van der Waals surface area contributed by atoms with Crippen molar-refractivity contribution in [3.05, 3.63) is 58.9 Å². The zero-order valence-electron chi connectivity index (χ0n) is 17.9. The average molecular weight is 440 g/mol. The minimum atomic E-state index is -0.297. The van der Waals surface area contributed by atoms with E-state index in [1.54, 1.807) is 18.3 Å². The minimum absolute atomic E-state index is 0.0274. The Labute approximate surface area is 185 Å². The van der Waals surface area contributed by atoms with Crippen LogP contribution in [0, 0.1) is 25.6 Å². The lowest BCUT2D eigenvalue weighted by Gasteiger charge is -2.40. The number of hydrogen-bond donors (Lipinski definition) is 1. The molecule has 1 fully saturated rings. The van der Waals surface area contributed by atoms with E-state index in [-0.39, 0.29) is 17.8 Å². The lowest BCUT2D eigenvalue weighted by molar-refractivity contribution is 0.0535. The molecule has 3 heterocycles. The third-order valence-corrected chi connectivity index (χ3v) is 6.71. The van der Waals surface area contributed by atoms with E-state index in [2.05, 4.69) is 27.2 Å². The molecule has 2 aromatic heterocycles. The molecule has 0 aliphatic carbocycles. The van der Waals surface area contributed by atoms with Crippen LogP contribution in [0.15, 0.2) is 36.5 Å². The van der Waals surface area contributed by atoms with Gasteiger partial charge in [-0.25, -0.2) is 19.3 Å². The van der Waals surface area contributed by atoms with Gasteiger partial charge in [0.15, 0.2) is 0 Å². The van der Waals surface area contributed by atoms with Gasteiger partial charge in [-0.15, -0.1) is 11.3 Å². The fourth-order valence-corrected chi connectivity index (χ4v) is 5.00. The van der Waals surface area contributed by atoms with E-state index < -0.39 is 0 Å². The van der Waals surface area contributed by atoms with Crippen molar-refractivity contribution >= 4 is 23.1 Å². The fourth-order valence-electron chi connectivity index (χ4n) is 4.08. The molecule has 1 aromatic carbocycles. The first-order valence-corrected chi connectivity index (χ1v) is 11.3. The van der Waals surface area contributed by atoms with Gasteiger partial charge in [-0.05, 0) is 56.4 Å². The number of likely N-dealkylation sites (tertiary alicyclic amines) is 1. The number of benzene rings is 1. The van der Waals surface area contributed by atoms with Crippen LogP contribution in [0.2, 0.25) is 0 Å². The SMILES string of the molecule is Cc1nccc(NC[C@@H]2C(C)CCCN2C(=O)c2nc(C)sc2-c2ccc(F)cc2)n1. The summed E-state index contributed by atoms with van der Waals surface area (Å²) in [6.45, 7) is 7.23. The highest BCUT2D eigenvalue weighted by Gasteiger charge is 2.34. The second-order valence-corrected chi connectivity index (χ2v) is 9.18. The Hall–Kier alpha value is -2.87. The number of thiazole rings is 1. The fraction of sp³-hybridized carbons (Fsp3) is 0.391. The Morgan fingerprint density at radius 1 is 1.23 bits per heavy atom. The zero-order valence-corrected chi connectivity index (χ0v) is 18.7. The van der Waals surface area contributed by atoms with E-state index in [9.17, 15) is 9.18 Å². The van der Waals surface area contributed by atoms with Crippen LogP contribution in [0.3, 0.4) is 0 Å². The van der Waals surface area contributed by atoms with E-state index in [0.29, 0.717) is 30.5 Å². The average Bonchev–Trinajstić information content (AvgIpc) is 3.14. The number of aryl methyl sites for hydroxylation is 2. The van der Waals surface area contributed by atoms with Gasteiger partial charge in [0.25, 0.3) is 5.91 Å². The lowest BCUT2D eigenvalue weighted by atomic mass is 9.90. The lowest BCUT2D eigenvalue weighted by Crippen LogP contribution is -2.51. The Bertz CT molecular complexity index is 1070. The summed E-state index contributed by atoms with van der Waals surface area (Å²) in [7, 11) is 0. The summed E-state index contributed by atoms with van der Waals surface area (Å²) in [6, 6.07) is 8.10. The van der Waals surface area contributed by atoms with Gasteiger partial charge in [-0.2, -0.15) is 0 Å². The number of amides is 1. The predicted octanol–water partition coefficient (Wildman–Crippen LogP) is 4.71. The first-order chi connectivity index (χ1) is 14.9. The number of carbonyl (C=O) groups is 1. The molecule has 0 radical (unpaired) electrons. The molecule has 1 aliphatic heterocycles. The first-order valence-electron chi connectivity index (χ1n) is 10.5. The predicted molar refractivity (Wildman–Crippen MR) is 121 cm³/mol. The van der Waals surface area contributed by atoms with E-state index in [1.807, 2.05) is 24.8 Å². The molecule has 1 saturated heterocycles. The summed E-state index contributed by atoms with van der Waals surface area (Å²) in [6.07, 6.45) is 3.76. The molecule has 1 N–H and O–H groups in total. The van der Waals surface area contributed by atoms with Crippen molar-refractivity contribution in [1.29, 1.82) is 0 Å². The van der Waals surface area contributed by atoms with Gasteiger partial charge in [-0.3, -0.25) is 4.79 Å². The van der Waals surface area contributed by atoms with Crippen molar-refractivity contribution in [3.63, 3.8) is 0 Å². The quantitative estimate of drug-likeness (QED) is 0.623. The molecule has 3 aromatic rings. The highest BCUT2D eigenvalue weighted by atomic mass is 32.1. The summed E-state index contributed by atoms with van der Waals surface area (Å²) in [5.74, 6) is 1.45. The van der Waals surface area contributed by atoms with Crippen LogP contribution in [0.1, 0.15) is 41.1 Å². The smallest absolute Gasteiger partial charge is 0.274 e. The molecule has 0 spiro atoms. The van der Waals surface area contributed by atoms with Crippen LogP contribution in [0.5, 0.6) is 0 Å². The van der Waals surface area contributed by atoms with Crippen LogP contribution in [-0.2, 0) is 0 Å². The molecule has 1 amide bonds. The molecular weight excluding hydrogens is 413 g/mol. The second-order valence-electron chi connectivity index (χ2n) is 7.97. The molecule has 6 nitrogen and oxygen atoms in total. The number of hydrogen-bond acceptors (Lipinski definition) is 6. The van der Waals surface area contributed by atoms with Crippen molar-refractivity contribution < 1.29 is 9.18 Å². The molecule has 0 saturated carbocycles. The van der Waals surface area contributed by atoms with E-state index in [0.717, 1.165) is 34.1 Å². The monoisotopic (exact) mass is 439 g/mol. The maximum absolute atomic E-state index is 13.6. The number of nitrogens with zero attached hydrogens (tertiary/aromatic N) is 4. The summed E-state index contributed by atoms with van der Waals surface area (Å²) >= 11 is 1.47. The number of aromatic nitrogens is 3. The molecular formula is C23H26FN5OS. The number of halogens is 1. The van der Waals surface area contributed by atoms with Gasteiger partial charge in [0, 0.05) is 19.3 Å². The van der Waals surface area contributed by atoms with Crippen molar-refractivity contribution in [2.24, 2.45) is 5.92 Å². The van der Waals surface area contributed by atoms with Gasteiger partial charge < -0.3 is 10.2 Å². The van der Waals surface area contributed by atoms with E-state index in [4.69, 9.17) is 0 Å². The molecule has 1 aliphatic rings. The number of piperidine rings is 1. The van der Waals surface area contributed by atoms with Crippen molar-refractivity contribution in [2.45, 2.75) is 39.7 Å². The number of nitrogens with one attached hydrogen (secondary N) is 1. The molecule has 8 heteroatoms. The second kappa shape index (κ2) is 9.09. The number of anilines is 1. The third kappa shape index (κ3) is 4.74. The Morgan fingerprint density at radius 2 is 2.00 bits per heavy atom. The van der Waals surface area contributed by atoms with Crippen molar-refractivity contribution in [1.82, 2.24) is 19.9 Å². The van der Waals surface area contributed by atoms with Crippen molar-refractivity contribution in [3.8, 4) is 10.4 Å². The molecule has 0 bridgehead atoms. The maximum atomic E-state index is 13.6. The van der Waals surface area contributed by atoms with Gasteiger partial charge in [0.2, 0.25) is 0 Å². The molecule has 162 valence electrons. The van der Waals surface area contributed by atoms with Gasteiger partial charge in [0.1, 0.15) is 23.2 Å². The molecule has 2 atom stereocenters. The van der Waals surface area contributed by atoms with Crippen molar-refractivity contribution in [2.75, 3.05) is 18.4 Å². The Morgan fingerprint density at radius 3 is 2.74 bits per heavy atom. The van der Waals surface area contributed by atoms with Crippen LogP contribution in [0.4, 0.5) is 10.2 Å². The highest BCUT2D eigenvalue weighted by molar-refractivity contribution is 7.15. The number of carbonyl (C=O) groups excluding carboxylic acids is 1. The summed E-state index contributed by atoms with van der Waals surface area (Å²) in [4.78, 5) is 29.5.